The maximum absolute atomic E-state index is 11.8. The van der Waals surface area contributed by atoms with Crippen LogP contribution in [0.3, 0.4) is 0 Å². The molecule has 0 radical (unpaired) electrons. The highest BCUT2D eigenvalue weighted by Crippen LogP contribution is 2.21. The Bertz CT molecular complexity index is 413. The number of hydrogen-bond acceptors (Lipinski definition) is 4. The maximum atomic E-state index is 11.8. The second-order valence-electron chi connectivity index (χ2n) is 3.92. The van der Waals surface area contributed by atoms with Gasteiger partial charge in [-0.3, -0.25) is 4.79 Å². The second kappa shape index (κ2) is 5.16. The molecule has 1 saturated heterocycles. The molecule has 0 aliphatic carbocycles. The van der Waals surface area contributed by atoms with Crippen LogP contribution in [0.15, 0.2) is 18.2 Å². The van der Waals surface area contributed by atoms with E-state index in [1.807, 2.05) is 0 Å². The molecule has 1 amide bonds. The number of phenols is 1. The van der Waals surface area contributed by atoms with Gasteiger partial charge in [-0.05, 0) is 18.6 Å². The number of carbonyl (C=O) groups is 1. The van der Waals surface area contributed by atoms with Crippen LogP contribution in [-0.2, 0) is 14.3 Å². The zero-order valence-corrected chi connectivity index (χ0v) is 9.60. The summed E-state index contributed by atoms with van der Waals surface area (Å²) >= 11 is 0. The minimum atomic E-state index is -0.577. The highest BCUT2D eigenvalue weighted by atomic mass is 16.6. The van der Waals surface area contributed by atoms with Gasteiger partial charge < -0.3 is 19.9 Å². The molecule has 1 atom stereocenters. The first kappa shape index (κ1) is 11.9. The van der Waals surface area contributed by atoms with Crippen LogP contribution >= 0.6 is 0 Å². The minimum Gasteiger partial charge on any atom is -0.508 e. The third-order valence-corrected chi connectivity index (χ3v) is 2.59. The lowest BCUT2D eigenvalue weighted by atomic mass is 10.2. The van der Waals surface area contributed by atoms with Crippen molar-refractivity contribution in [1.82, 2.24) is 0 Å². The number of phenolic OH excluding ortho intramolecular Hbond substituents is 1. The molecule has 5 nitrogen and oxygen atoms in total. The van der Waals surface area contributed by atoms with Gasteiger partial charge in [0.1, 0.15) is 5.75 Å². The fourth-order valence-corrected chi connectivity index (χ4v) is 1.55. The first-order valence-corrected chi connectivity index (χ1v) is 5.46. The van der Waals surface area contributed by atoms with Crippen LogP contribution in [0.4, 0.5) is 5.69 Å². The molecule has 0 saturated carbocycles. The smallest absolute Gasteiger partial charge is 0.255 e. The molecule has 0 spiro atoms. The van der Waals surface area contributed by atoms with Gasteiger partial charge >= 0.3 is 0 Å². The van der Waals surface area contributed by atoms with E-state index < -0.39 is 6.10 Å². The molecular weight excluding hydrogens is 222 g/mol. The van der Waals surface area contributed by atoms with Gasteiger partial charge in [0.25, 0.3) is 5.91 Å². The minimum absolute atomic E-state index is 0.156. The molecule has 17 heavy (non-hydrogen) atoms. The van der Waals surface area contributed by atoms with Crippen LogP contribution in [0.1, 0.15) is 5.56 Å². The van der Waals surface area contributed by atoms with Crippen molar-refractivity contribution >= 4 is 11.6 Å². The molecular formula is C12H15NO4. The SMILES string of the molecule is Cc1ccc(NC(=O)C2COCCO2)cc1O. The first-order valence-electron chi connectivity index (χ1n) is 5.46. The highest BCUT2D eigenvalue weighted by Gasteiger charge is 2.22. The summed E-state index contributed by atoms with van der Waals surface area (Å²) in [5.74, 6) is -0.100. The Morgan fingerprint density at radius 3 is 2.94 bits per heavy atom. The number of anilines is 1. The summed E-state index contributed by atoms with van der Waals surface area (Å²) in [5, 5.41) is 12.2. The maximum Gasteiger partial charge on any atom is 0.255 e. The van der Waals surface area contributed by atoms with Crippen LogP contribution in [-0.4, -0.2) is 36.9 Å². The number of ether oxygens (including phenoxy) is 2. The molecule has 1 aromatic carbocycles. The number of aromatic hydroxyl groups is 1. The van der Waals surface area contributed by atoms with Crippen molar-refractivity contribution in [3.63, 3.8) is 0 Å². The van der Waals surface area contributed by atoms with Gasteiger partial charge in [-0.15, -0.1) is 0 Å². The van der Waals surface area contributed by atoms with E-state index in [1.165, 1.54) is 6.07 Å². The Balaban J connectivity index is 1.99. The number of aryl methyl sites for hydroxylation is 1. The van der Waals surface area contributed by atoms with E-state index in [9.17, 15) is 9.90 Å². The molecule has 1 aliphatic rings. The Labute approximate surface area is 99.3 Å². The summed E-state index contributed by atoms with van der Waals surface area (Å²) in [6.07, 6.45) is -0.577. The van der Waals surface area contributed by atoms with Crippen molar-refractivity contribution in [1.29, 1.82) is 0 Å². The molecule has 5 heteroatoms. The molecule has 1 unspecified atom stereocenters. The van der Waals surface area contributed by atoms with Gasteiger partial charge in [-0.2, -0.15) is 0 Å². The Hall–Kier alpha value is -1.59. The van der Waals surface area contributed by atoms with Gasteiger partial charge in [0, 0.05) is 11.8 Å². The van der Waals surface area contributed by atoms with E-state index in [-0.39, 0.29) is 18.3 Å². The van der Waals surface area contributed by atoms with Crippen molar-refractivity contribution in [2.75, 3.05) is 25.1 Å². The molecule has 0 aromatic heterocycles. The van der Waals surface area contributed by atoms with Crippen molar-refractivity contribution in [2.45, 2.75) is 13.0 Å². The van der Waals surface area contributed by atoms with E-state index in [0.717, 1.165) is 5.56 Å². The zero-order chi connectivity index (χ0) is 12.3. The van der Waals surface area contributed by atoms with Crippen molar-refractivity contribution in [3.8, 4) is 5.75 Å². The monoisotopic (exact) mass is 237 g/mol. The predicted molar refractivity (Wildman–Crippen MR) is 62.0 cm³/mol. The number of amides is 1. The van der Waals surface area contributed by atoms with Crippen molar-refractivity contribution in [2.24, 2.45) is 0 Å². The largest absolute Gasteiger partial charge is 0.508 e. The zero-order valence-electron chi connectivity index (χ0n) is 9.60. The van der Waals surface area contributed by atoms with Crippen LogP contribution in [0.2, 0.25) is 0 Å². The van der Waals surface area contributed by atoms with Gasteiger partial charge in [-0.25, -0.2) is 0 Å². The normalized spacial score (nSPS) is 19.9. The van der Waals surface area contributed by atoms with Crippen LogP contribution in [0.25, 0.3) is 0 Å². The lowest BCUT2D eigenvalue weighted by molar-refractivity contribution is -0.142. The van der Waals surface area contributed by atoms with E-state index in [1.54, 1.807) is 19.1 Å². The molecule has 2 rings (SSSR count). The van der Waals surface area contributed by atoms with Crippen LogP contribution in [0, 0.1) is 6.92 Å². The molecule has 1 heterocycles. The third kappa shape index (κ3) is 2.95. The Kier molecular flexibility index (Phi) is 3.61. The van der Waals surface area contributed by atoms with Gasteiger partial charge in [0.15, 0.2) is 6.10 Å². The summed E-state index contributed by atoms with van der Waals surface area (Å²) in [7, 11) is 0. The number of carbonyl (C=O) groups excluding carboxylic acids is 1. The number of rotatable bonds is 2. The summed E-state index contributed by atoms with van der Waals surface area (Å²) < 4.78 is 10.4. The average molecular weight is 237 g/mol. The van der Waals surface area contributed by atoms with Gasteiger partial charge in [0.2, 0.25) is 0 Å². The summed E-state index contributed by atoms with van der Waals surface area (Å²) in [6.45, 7) is 3.01. The van der Waals surface area contributed by atoms with Crippen molar-refractivity contribution in [3.05, 3.63) is 23.8 Å². The molecule has 0 bridgehead atoms. The Morgan fingerprint density at radius 1 is 1.47 bits per heavy atom. The van der Waals surface area contributed by atoms with E-state index in [4.69, 9.17) is 9.47 Å². The number of hydrogen-bond donors (Lipinski definition) is 2. The fraction of sp³-hybridized carbons (Fsp3) is 0.417. The standard InChI is InChI=1S/C12H15NO4/c1-8-2-3-9(6-10(8)14)13-12(15)11-7-16-4-5-17-11/h2-3,6,11,14H,4-5,7H2,1H3,(H,13,15). The fourth-order valence-electron chi connectivity index (χ4n) is 1.55. The highest BCUT2D eigenvalue weighted by molar-refractivity contribution is 5.94. The Morgan fingerprint density at radius 2 is 2.29 bits per heavy atom. The lowest BCUT2D eigenvalue weighted by Crippen LogP contribution is -2.39. The van der Waals surface area contributed by atoms with Gasteiger partial charge in [-0.1, -0.05) is 6.07 Å². The van der Waals surface area contributed by atoms with Crippen LogP contribution in [0.5, 0.6) is 5.75 Å². The average Bonchev–Trinajstić information content (AvgIpc) is 2.35. The third-order valence-electron chi connectivity index (χ3n) is 2.59. The topological polar surface area (TPSA) is 67.8 Å². The molecule has 1 aliphatic heterocycles. The first-order chi connectivity index (χ1) is 8.16. The quantitative estimate of drug-likeness (QED) is 0.807. The molecule has 92 valence electrons. The van der Waals surface area contributed by atoms with Crippen LogP contribution < -0.4 is 5.32 Å². The van der Waals surface area contributed by atoms with E-state index >= 15 is 0 Å². The van der Waals surface area contributed by atoms with Crippen molar-refractivity contribution < 1.29 is 19.4 Å². The number of benzene rings is 1. The van der Waals surface area contributed by atoms with E-state index in [0.29, 0.717) is 18.9 Å². The summed E-state index contributed by atoms with van der Waals surface area (Å²) in [4.78, 5) is 11.8. The molecule has 1 aromatic rings. The number of nitrogens with one attached hydrogen (secondary N) is 1. The summed E-state index contributed by atoms with van der Waals surface area (Å²) in [6, 6.07) is 4.98. The lowest BCUT2D eigenvalue weighted by Gasteiger charge is -2.22. The van der Waals surface area contributed by atoms with E-state index in [2.05, 4.69) is 5.32 Å². The van der Waals surface area contributed by atoms with Gasteiger partial charge in [0.05, 0.1) is 19.8 Å². The molecule has 1 fully saturated rings. The predicted octanol–water partition coefficient (Wildman–Crippen LogP) is 1.05. The summed E-state index contributed by atoms with van der Waals surface area (Å²) in [5.41, 5.74) is 1.31. The second-order valence-corrected chi connectivity index (χ2v) is 3.92. The molecule has 2 N–H and O–H groups in total.